The number of halogens is 1. The molecule has 1 saturated carbocycles. The van der Waals surface area contributed by atoms with Gasteiger partial charge < -0.3 is 14.9 Å². The van der Waals surface area contributed by atoms with Crippen molar-refractivity contribution in [3.63, 3.8) is 0 Å². The van der Waals surface area contributed by atoms with E-state index in [4.69, 9.17) is 4.74 Å². The smallest absolute Gasteiger partial charge is 0.125 e. The average Bonchev–Trinajstić information content (AvgIpc) is 2.67. The maximum Gasteiger partial charge on any atom is 0.125 e. The quantitative estimate of drug-likeness (QED) is 0.902. The van der Waals surface area contributed by atoms with Gasteiger partial charge in [-0.3, -0.25) is 0 Å². The summed E-state index contributed by atoms with van der Waals surface area (Å²) in [6.07, 6.45) is 1.55. The van der Waals surface area contributed by atoms with Crippen molar-refractivity contribution in [3.8, 4) is 5.75 Å². The Kier molecular flexibility index (Phi) is 4.07. The van der Waals surface area contributed by atoms with E-state index >= 15 is 0 Å². The summed E-state index contributed by atoms with van der Waals surface area (Å²) in [5.74, 6) is 0.661. The van der Waals surface area contributed by atoms with Gasteiger partial charge in [-0.05, 0) is 44.4 Å². The van der Waals surface area contributed by atoms with Crippen molar-refractivity contribution in [3.05, 3.63) is 28.2 Å². The van der Waals surface area contributed by atoms with Gasteiger partial charge >= 0.3 is 0 Å². The molecule has 0 aromatic heterocycles. The van der Waals surface area contributed by atoms with Crippen LogP contribution in [0, 0.1) is 0 Å². The van der Waals surface area contributed by atoms with Gasteiger partial charge in [0.2, 0.25) is 0 Å². The van der Waals surface area contributed by atoms with Crippen LogP contribution in [0.3, 0.4) is 0 Å². The third-order valence-electron chi connectivity index (χ3n) is 3.12. The maximum atomic E-state index is 9.74. The van der Waals surface area contributed by atoms with E-state index < -0.39 is 6.10 Å². The topological polar surface area (TPSA) is 49.7 Å². The molecule has 1 aromatic carbocycles. The molecule has 0 radical (unpaired) electrons. The molecule has 94 valence electrons. The minimum Gasteiger partial charge on any atom is -0.487 e. The van der Waals surface area contributed by atoms with Gasteiger partial charge in [0.25, 0.3) is 0 Å². The third kappa shape index (κ3) is 3.00. The fourth-order valence-corrected chi connectivity index (χ4v) is 2.54. The fourth-order valence-electron chi connectivity index (χ4n) is 2.16. The van der Waals surface area contributed by atoms with Gasteiger partial charge in [0, 0.05) is 10.0 Å². The standard InChI is InChI=1S/C13H17BrO3/c1-8(15)10-7-9(14)5-6-12(10)17-13-4-2-3-11(13)16/h5-8,11,13,15-16H,2-4H2,1H3/t8-,11?,13?/m0/s1. The molecule has 17 heavy (non-hydrogen) atoms. The Balaban J connectivity index is 2.19. The van der Waals surface area contributed by atoms with Crippen LogP contribution in [-0.2, 0) is 0 Å². The SMILES string of the molecule is C[C@H](O)c1cc(Br)ccc1OC1CCCC1O. The summed E-state index contributed by atoms with van der Waals surface area (Å²) in [6.45, 7) is 1.71. The Morgan fingerprint density at radius 1 is 1.41 bits per heavy atom. The van der Waals surface area contributed by atoms with Crippen LogP contribution in [0.4, 0.5) is 0 Å². The van der Waals surface area contributed by atoms with E-state index in [1.54, 1.807) is 6.92 Å². The first-order chi connectivity index (χ1) is 8.08. The molecule has 2 rings (SSSR count). The first-order valence-corrected chi connectivity index (χ1v) is 6.69. The number of hydrogen-bond acceptors (Lipinski definition) is 3. The second-order valence-electron chi connectivity index (χ2n) is 4.51. The zero-order valence-corrected chi connectivity index (χ0v) is 11.4. The lowest BCUT2D eigenvalue weighted by molar-refractivity contribution is 0.0577. The van der Waals surface area contributed by atoms with E-state index in [1.807, 2.05) is 18.2 Å². The zero-order valence-electron chi connectivity index (χ0n) is 9.77. The van der Waals surface area contributed by atoms with Crippen LogP contribution < -0.4 is 4.74 Å². The molecule has 2 unspecified atom stereocenters. The molecule has 2 N–H and O–H groups in total. The van der Waals surface area contributed by atoms with Crippen LogP contribution in [0.5, 0.6) is 5.75 Å². The molecule has 4 heteroatoms. The number of ether oxygens (including phenoxy) is 1. The van der Waals surface area contributed by atoms with Crippen molar-refractivity contribution in [2.45, 2.75) is 44.5 Å². The van der Waals surface area contributed by atoms with Gasteiger partial charge in [0.1, 0.15) is 11.9 Å². The molecule has 1 aliphatic rings. The maximum absolute atomic E-state index is 9.74. The summed E-state index contributed by atoms with van der Waals surface area (Å²) < 4.78 is 6.71. The van der Waals surface area contributed by atoms with E-state index in [1.165, 1.54) is 0 Å². The first kappa shape index (κ1) is 12.9. The molecular weight excluding hydrogens is 284 g/mol. The first-order valence-electron chi connectivity index (χ1n) is 5.90. The minimum absolute atomic E-state index is 0.145. The lowest BCUT2D eigenvalue weighted by Gasteiger charge is -2.20. The lowest BCUT2D eigenvalue weighted by atomic mass is 10.1. The molecular formula is C13H17BrO3. The number of benzene rings is 1. The molecule has 3 nitrogen and oxygen atoms in total. The van der Waals surface area contributed by atoms with Crippen molar-refractivity contribution in [1.29, 1.82) is 0 Å². The fraction of sp³-hybridized carbons (Fsp3) is 0.538. The predicted octanol–water partition coefficient (Wildman–Crippen LogP) is 2.79. The summed E-state index contributed by atoms with van der Waals surface area (Å²) in [5.41, 5.74) is 0.749. The molecule has 0 aliphatic heterocycles. The highest BCUT2D eigenvalue weighted by molar-refractivity contribution is 9.10. The van der Waals surface area contributed by atoms with E-state index in [9.17, 15) is 10.2 Å². The summed E-state index contributed by atoms with van der Waals surface area (Å²) in [5, 5.41) is 19.4. The normalized spacial score (nSPS) is 25.9. The zero-order chi connectivity index (χ0) is 12.4. The molecule has 0 amide bonds. The summed E-state index contributed by atoms with van der Waals surface area (Å²) >= 11 is 3.37. The van der Waals surface area contributed by atoms with Crippen molar-refractivity contribution < 1.29 is 14.9 Å². The van der Waals surface area contributed by atoms with Crippen LogP contribution in [0.1, 0.15) is 37.9 Å². The number of hydrogen-bond donors (Lipinski definition) is 2. The van der Waals surface area contributed by atoms with Crippen molar-refractivity contribution in [2.24, 2.45) is 0 Å². The predicted molar refractivity (Wildman–Crippen MR) is 69.0 cm³/mol. The Morgan fingerprint density at radius 2 is 2.18 bits per heavy atom. The van der Waals surface area contributed by atoms with E-state index in [-0.39, 0.29) is 12.2 Å². The van der Waals surface area contributed by atoms with E-state index in [0.717, 1.165) is 29.3 Å². The number of aliphatic hydroxyl groups is 2. The Hall–Kier alpha value is -0.580. The van der Waals surface area contributed by atoms with Crippen molar-refractivity contribution >= 4 is 15.9 Å². The average molecular weight is 301 g/mol. The number of aliphatic hydroxyl groups excluding tert-OH is 2. The lowest BCUT2D eigenvalue weighted by Crippen LogP contribution is -2.26. The Bertz CT molecular complexity index is 392. The van der Waals surface area contributed by atoms with Gasteiger partial charge in [-0.25, -0.2) is 0 Å². The second kappa shape index (κ2) is 5.38. The van der Waals surface area contributed by atoms with Gasteiger partial charge in [0.05, 0.1) is 12.2 Å². The van der Waals surface area contributed by atoms with Gasteiger partial charge in [-0.2, -0.15) is 0 Å². The molecule has 1 aromatic rings. The monoisotopic (exact) mass is 300 g/mol. The van der Waals surface area contributed by atoms with Crippen LogP contribution >= 0.6 is 15.9 Å². The van der Waals surface area contributed by atoms with E-state index in [0.29, 0.717) is 5.75 Å². The van der Waals surface area contributed by atoms with Crippen molar-refractivity contribution in [2.75, 3.05) is 0 Å². The summed E-state index contributed by atoms with van der Waals surface area (Å²) in [6, 6.07) is 5.56. The van der Waals surface area contributed by atoms with Crippen LogP contribution in [-0.4, -0.2) is 22.4 Å². The number of rotatable bonds is 3. The Labute approximate surface area is 110 Å². The largest absolute Gasteiger partial charge is 0.487 e. The molecule has 0 bridgehead atoms. The van der Waals surface area contributed by atoms with Gasteiger partial charge in [-0.15, -0.1) is 0 Å². The molecule has 0 heterocycles. The van der Waals surface area contributed by atoms with Crippen LogP contribution in [0.2, 0.25) is 0 Å². The summed E-state index contributed by atoms with van der Waals surface area (Å²) in [7, 11) is 0. The molecule has 1 aliphatic carbocycles. The highest BCUT2D eigenvalue weighted by Gasteiger charge is 2.27. The Morgan fingerprint density at radius 3 is 2.76 bits per heavy atom. The molecule has 0 saturated heterocycles. The molecule has 1 fully saturated rings. The van der Waals surface area contributed by atoms with Gasteiger partial charge in [-0.1, -0.05) is 15.9 Å². The van der Waals surface area contributed by atoms with Crippen molar-refractivity contribution in [1.82, 2.24) is 0 Å². The van der Waals surface area contributed by atoms with E-state index in [2.05, 4.69) is 15.9 Å². The molecule has 3 atom stereocenters. The summed E-state index contributed by atoms with van der Waals surface area (Å²) in [4.78, 5) is 0. The molecule has 0 spiro atoms. The second-order valence-corrected chi connectivity index (χ2v) is 5.43. The third-order valence-corrected chi connectivity index (χ3v) is 3.61. The van der Waals surface area contributed by atoms with Gasteiger partial charge in [0.15, 0.2) is 0 Å². The highest BCUT2D eigenvalue weighted by Crippen LogP contribution is 2.32. The van der Waals surface area contributed by atoms with Crippen LogP contribution in [0.25, 0.3) is 0 Å². The minimum atomic E-state index is -0.582. The highest BCUT2D eigenvalue weighted by atomic mass is 79.9. The van der Waals surface area contributed by atoms with Crippen LogP contribution in [0.15, 0.2) is 22.7 Å².